The molecular weight excluding hydrogens is 396 g/mol. The number of thioether (sulfide) groups is 1. The van der Waals surface area contributed by atoms with Gasteiger partial charge in [0.25, 0.3) is 15.9 Å². The van der Waals surface area contributed by atoms with Gasteiger partial charge in [0, 0.05) is 17.6 Å². The highest BCUT2D eigenvalue weighted by Crippen LogP contribution is 2.33. The number of hydrogen-bond donors (Lipinski definition) is 0. The number of amides is 1. The third kappa shape index (κ3) is 3.92. The molecular formula is C17H13ClN2O4S2. The number of hydrogen-bond acceptors (Lipinski definition) is 5. The highest BCUT2D eigenvalue weighted by atomic mass is 35.5. The summed E-state index contributed by atoms with van der Waals surface area (Å²) in [6.07, 6.45) is 4.53. The minimum absolute atomic E-state index is 0.00975. The molecule has 0 saturated carbocycles. The molecule has 134 valence electrons. The Bertz CT molecular complexity index is 994. The largest absolute Gasteiger partial charge is 0.465 e. The molecule has 1 aliphatic heterocycles. The van der Waals surface area contributed by atoms with Crippen LogP contribution in [0.2, 0.25) is 5.02 Å². The first-order valence-corrected chi connectivity index (χ1v) is 10.0. The second-order valence-electron chi connectivity index (χ2n) is 5.13. The molecule has 26 heavy (non-hydrogen) atoms. The summed E-state index contributed by atoms with van der Waals surface area (Å²) in [5.41, 5.74) is 0. The molecule has 0 radical (unpaired) electrons. The van der Waals surface area contributed by atoms with E-state index >= 15 is 0 Å². The number of sulfonamides is 1. The van der Waals surface area contributed by atoms with Gasteiger partial charge in [-0.3, -0.25) is 9.69 Å². The van der Waals surface area contributed by atoms with Gasteiger partial charge in [0.2, 0.25) is 0 Å². The zero-order valence-electron chi connectivity index (χ0n) is 13.3. The van der Waals surface area contributed by atoms with Gasteiger partial charge in [0.05, 0.1) is 16.1 Å². The van der Waals surface area contributed by atoms with E-state index in [1.54, 1.807) is 18.2 Å². The van der Waals surface area contributed by atoms with Crippen LogP contribution in [-0.2, 0) is 14.8 Å². The second kappa shape index (κ2) is 7.53. The third-order valence-corrected chi connectivity index (χ3v) is 5.98. The first kappa shape index (κ1) is 18.5. The Balaban J connectivity index is 1.98. The predicted molar refractivity (Wildman–Crippen MR) is 102 cm³/mol. The summed E-state index contributed by atoms with van der Waals surface area (Å²) in [6.45, 7) is 3.73. The molecule has 0 bridgehead atoms. The summed E-state index contributed by atoms with van der Waals surface area (Å²) < 4.78 is 34.1. The van der Waals surface area contributed by atoms with Crippen molar-refractivity contribution in [2.45, 2.75) is 4.90 Å². The van der Waals surface area contributed by atoms with Gasteiger partial charge < -0.3 is 4.42 Å². The van der Waals surface area contributed by atoms with E-state index in [0.717, 1.165) is 11.8 Å². The van der Waals surface area contributed by atoms with Crippen LogP contribution in [0.25, 0.3) is 6.08 Å². The maximum atomic E-state index is 12.6. The van der Waals surface area contributed by atoms with Crippen LogP contribution < -0.4 is 0 Å². The zero-order chi connectivity index (χ0) is 18.7. The summed E-state index contributed by atoms with van der Waals surface area (Å²) in [4.78, 5) is 14.1. The molecule has 0 aliphatic carbocycles. The van der Waals surface area contributed by atoms with E-state index < -0.39 is 10.0 Å². The van der Waals surface area contributed by atoms with Crippen LogP contribution in [0, 0.1) is 0 Å². The van der Waals surface area contributed by atoms with Gasteiger partial charge in [-0.05, 0) is 48.2 Å². The topological polar surface area (TPSA) is 80.0 Å². The zero-order valence-corrected chi connectivity index (χ0v) is 15.7. The summed E-state index contributed by atoms with van der Waals surface area (Å²) in [5, 5.41) is 0.474. The Morgan fingerprint density at radius 3 is 2.62 bits per heavy atom. The molecule has 2 aromatic rings. The van der Waals surface area contributed by atoms with E-state index in [9.17, 15) is 13.2 Å². The Hall–Kier alpha value is -2.29. The number of nitrogens with zero attached hydrogens (tertiary/aromatic N) is 2. The number of halogens is 1. The van der Waals surface area contributed by atoms with Crippen molar-refractivity contribution in [1.29, 1.82) is 0 Å². The lowest BCUT2D eigenvalue weighted by Gasteiger charge is -2.12. The van der Waals surface area contributed by atoms with Crippen LogP contribution >= 0.6 is 23.4 Å². The van der Waals surface area contributed by atoms with E-state index in [1.165, 1.54) is 41.5 Å². The quantitative estimate of drug-likeness (QED) is 0.555. The monoisotopic (exact) mass is 408 g/mol. The van der Waals surface area contributed by atoms with Crippen molar-refractivity contribution >= 4 is 50.5 Å². The van der Waals surface area contributed by atoms with E-state index in [1.807, 2.05) is 0 Å². The summed E-state index contributed by atoms with van der Waals surface area (Å²) in [5.74, 6) is 0.123. The fourth-order valence-electron chi connectivity index (χ4n) is 2.13. The van der Waals surface area contributed by atoms with Crippen molar-refractivity contribution in [3.8, 4) is 0 Å². The molecule has 0 spiro atoms. The van der Waals surface area contributed by atoms with Crippen LogP contribution in [0.3, 0.4) is 0 Å². The molecule has 0 N–H and O–H groups in total. The van der Waals surface area contributed by atoms with Crippen molar-refractivity contribution < 1.29 is 17.6 Å². The Morgan fingerprint density at radius 1 is 1.27 bits per heavy atom. The highest BCUT2D eigenvalue weighted by Gasteiger charge is 2.34. The lowest BCUT2D eigenvalue weighted by Crippen LogP contribution is -2.29. The van der Waals surface area contributed by atoms with Crippen LogP contribution in [0.5, 0.6) is 0 Å². The average Bonchev–Trinajstić information content (AvgIpc) is 3.20. The van der Waals surface area contributed by atoms with Gasteiger partial charge in [-0.25, -0.2) is 0 Å². The summed E-state index contributed by atoms with van der Waals surface area (Å²) >= 11 is 6.75. The minimum Gasteiger partial charge on any atom is -0.465 e. The van der Waals surface area contributed by atoms with Crippen LogP contribution in [-0.4, -0.2) is 30.9 Å². The van der Waals surface area contributed by atoms with Crippen molar-refractivity contribution in [1.82, 2.24) is 4.90 Å². The van der Waals surface area contributed by atoms with Gasteiger partial charge in [0.1, 0.15) is 5.76 Å². The number of furan rings is 1. The van der Waals surface area contributed by atoms with E-state index in [4.69, 9.17) is 16.0 Å². The molecule has 0 atom stereocenters. The maximum absolute atomic E-state index is 12.6. The SMILES string of the molecule is C=CCN1C(=O)/C(=C/c2ccco2)S/C1=N/S(=O)(=O)c1ccc(Cl)cc1. The molecule has 1 aromatic heterocycles. The maximum Gasteiger partial charge on any atom is 0.284 e. The van der Waals surface area contributed by atoms with Crippen molar-refractivity contribution in [2.24, 2.45) is 4.40 Å². The predicted octanol–water partition coefficient (Wildman–Crippen LogP) is 3.78. The molecule has 1 fully saturated rings. The highest BCUT2D eigenvalue weighted by molar-refractivity contribution is 8.19. The first-order valence-electron chi connectivity index (χ1n) is 7.37. The van der Waals surface area contributed by atoms with Gasteiger partial charge >= 0.3 is 0 Å². The minimum atomic E-state index is -3.99. The van der Waals surface area contributed by atoms with Gasteiger partial charge in [-0.2, -0.15) is 8.42 Å². The Morgan fingerprint density at radius 2 is 2.00 bits per heavy atom. The Kier molecular flexibility index (Phi) is 5.36. The molecule has 1 aliphatic rings. The number of benzene rings is 1. The van der Waals surface area contributed by atoms with Gasteiger partial charge in [-0.15, -0.1) is 11.0 Å². The molecule has 1 aromatic carbocycles. The van der Waals surface area contributed by atoms with E-state index in [-0.39, 0.29) is 22.5 Å². The first-order chi connectivity index (χ1) is 12.4. The normalized spacial score (nSPS) is 18.0. The van der Waals surface area contributed by atoms with Crippen LogP contribution in [0.15, 0.2) is 73.9 Å². The van der Waals surface area contributed by atoms with Crippen LogP contribution in [0.4, 0.5) is 0 Å². The van der Waals surface area contributed by atoms with Crippen molar-refractivity contribution in [2.75, 3.05) is 6.54 Å². The molecule has 0 unspecified atom stereocenters. The lowest BCUT2D eigenvalue weighted by molar-refractivity contribution is -0.121. The molecule has 6 nitrogen and oxygen atoms in total. The third-order valence-electron chi connectivity index (χ3n) is 3.33. The van der Waals surface area contributed by atoms with Gasteiger partial charge in [0.15, 0.2) is 5.17 Å². The van der Waals surface area contributed by atoms with Crippen molar-refractivity contribution in [3.05, 3.63) is 71.0 Å². The second-order valence-corrected chi connectivity index (χ2v) is 8.18. The molecule has 3 rings (SSSR count). The molecule has 1 saturated heterocycles. The van der Waals surface area contributed by atoms with E-state index in [0.29, 0.717) is 15.7 Å². The average molecular weight is 409 g/mol. The smallest absolute Gasteiger partial charge is 0.284 e. The van der Waals surface area contributed by atoms with E-state index in [2.05, 4.69) is 11.0 Å². The fraction of sp³-hybridized carbons (Fsp3) is 0.0588. The standard InChI is InChI=1S/C17H13ClN2O4S2/c1-2-9-20-16(21)15(11-13-4-3-10-24-13)25-17(20)19-26(22,23)14-7-5-12(18)6-8-14/h2-8,10-11H,1,9H2/b15-11-,19-17+. The lowest BCUT2D eigenvalue weighted by atomic mass is 10.3. The number of amidine groups is 1. The number of carbonyl (C=O) groups excluding carboxylic acids is 1. The number of carbonyl (C=O) groups is 1. The summed E-state index contributed by atoms with van der Waals surface area (Å²) in [6, 6.07) is 9.04. The molecule has 2 heterocycles. The molecule has 1 amide bonds. The van der Waals surface area contributed by atoms with Crippen LogP contribution in [0.1, 0.15) is 5.76 Å². The molecule has 9 heteroatoms. The fourth-order valence-corrected chi connectivity index (χ4v) is 4.43. The summed E-state index contributed by atoms with van der Waals surface area (Å²) in [7, 11) is -3.99. The Labute approximate surface area is 159 Å². The van der Waals surface area contributed by atoms with Crippen molar-refractivity contribution in [3.63, 3.8) is 0 Å². The van der Waals surface area contributed by atoms with Gasteiger partial charge in [-0.1, -0.05) is 17.7 Å². The number of rotatable bonds is 5.